The highest BCUT2D eigenvalue weighted by atomic mass is 16.6. The van der Waals surface area contributed by atoms with Crippen molar-refractivity contribution in [1.29, 1.82) is 0 Å². The molecule has 0 bridgehead atoms. The molecule has 2 atom stereocenters. The van der Waals surface area contributed by atoms with Crippen LogP contribution in [0.2, 0.25) is 0 Å². The fraction of sp³-hybridized carbons (Fsp3) is 0.238. The molecule has 0 spiro atoms. The molecule has 6 rings (SSSR count). The Morgan fingerprint density at radius 2 is 1.20 bits per heavy atom. The van der Waals surface area contributed by atoms with Gasteiger partial charge in [0.25, 0.3) is 0 Å². The molecule has 0 aromatic heterocycles. The molecule has 1 aliphatic carbocycles. The van der Waals surface area contributed by atoms with Gasteiger partial charge >= 0.3 is 5.97 Å². The fourth-order valence-electron chi connectivity index (χ4n) is 6.26. The topological polar surface area (TPSA) is 110 Å². The van der Waals surface area contributed by atoms with E-state index in [-0.39, 0.29) is 38.6 Å². The van der Waals surface area contributed by atoms with Crippen molar-refractivity contribution < 1.29 is 43.1 Å². The smallest absolute Gasteiger partial charge is 0.347 e. The summed E-state index contributed by atoms with van der Waals surface area (Å²) in [5.74, 6) is -1.32. The predicted octanol–water partition coefficient (Wildman–Crippen LogP) is 6.99. The molecule has 0 radical (unpaired) electrons. The van der Waals surface area contributed by atoms with E-state index in [0.717, 1.165) is 16.7 Å². The standard InChI is InChI=1S/C42H40O9/c1-4-48-41(44)42(45)38(43)23-31-20-34(46-2)35(49-25-28-14-8-5-9-15-28)24-33(31)39(42)32-21-36(47-3)40(51-27-30-18-12-7-13-19-30)37(22-32)50-26-29-16-10-6-11-17-29/h5-22,24,39,45H,4,23,25-27H2,1-3H3/t39-,42-/m1/s1. The lowest BCUT2D eigenvalue weighted by atomic mass is 9.67. The molecular formula is C42H40O9. The van der Waals surface area contributed by atoms with Crippen LogP contribution >= 0.6 is 0 Å². The minimum Gasteiger partial charge on any atom is -0.493 e. The van der Waals surface area contributed by atoms with Gasteiger partial charge in [-0.2, -0.15) is 0 Å². The molecule has 5 aromatic carbocycles. The molecular weight excluding hydrogens is 648 g/mol. The summed E-state index contributed by atoms with van der Waals surface area (Å²) in [6.45, 7) is 2.22. The van der Waals surface area contributed by atoms with Gasteiger partial charge in [0, 0.05) is 6.42 Å². The number of hydrogen-bond donors (Lipinski definition) is 1. The lowest BCUT2D eigenvalue weighted by molar-refractivity contribution is -0.172. The van der Waals surface area contributed by atoms with E-state index in [4.69, 9.17) is 28.4 Å². The number of ketones is 1. The van der Waals surface area contributed by atoms with Crippen molar-refractivity contribution >= 4 is 11.8 Å². The molecule has 9 heteroatoms. The molecule has 0 aliphatic heterocycles. The largest absolute Gasteiger partial charge is 0.493 e. The third kappa shape index (κ3) is 7.54. The fourth-order valence-corrected chi connectivity index (χ4v) is 6.26. The van der Waals surface area contributed by atoms with Gasteiger partial charge in [0.05, 0.1) is 26.7 Å². The second kappa shape index (κ2) is 15.8. The number of Topliss-reactive ketones (excluding diaryl/α,β-unsaturated/α-hetero) is 1. The summed E-state index contributed by atoms with van der Waals surface area (Å²) in [5, 5.41) is 12.3. The summed E-state index contributed by atoms with van der Waals surface area (Å²) < 4.78 is 35.8. The minimum atomic E-state index is -2.58. The van der Waals surface area contributed by atoms with E-state index in [1.165, 1.54) is 14.2 Å². The molecule has 51 heavy (non-hydrogen) atoms. The molecule has 262 valence electrons. The third-order valence-electron chi connectivity index (χ3n) is 8.81. The Hall–Kier alpha value is -5.80. The van der Waals surface area contributed by atoms with E-state index in [0.29, 0.717) is 39.7 Å². The van der Waals surface area contributed by atoms with E-state index >= 15 is 0 Å². The quantitative estimate of drug-likeness (QED) is 0.0975. The Morgan fingerprint density at radius 1 is 0.686 bits per heavy atom. The number of esters is 1. The van der Waals surface area contributed by atoms with Crippen molar-refractivity contribution in [1.82, 2.24) is 0 Å². The van der Waals surface area contributed by atoms with E-state index in [2.05, 4.69) is 0 Å². The van der Waals surface area contributed by atoms with Crippen LogP contribution in [0.3, 0.4) is 0 Å². The summed E-state index contributed by atoms with van der Waals surface area (Å²) in [5.41, 5.74) is 1.61. The number of methoxy groups -OCH3 is 2. The van der Waals surface area contributed by atoms with Gasteiger partial charge in [-0.15, -0.1) is 0 Å². The molecule has 5 aromatic rings. The zero-order valence-corrected chi connectivity index (χ0v) is 28.8. The van der Waals surface area contributed by atoms with Crippen LogP contribution in [-0.4, -0.2) is 43.3 Å². The van der Waals surface area contributed by atoms with Gasteiger partial charge in [-0.05, 0) is 64.6 Å². The number of ether oxygens (including phenoxy) is 6. The number of aliphatic hydroxyl groups is 1. The van der Waals surface area contributed by atoms with Crippen molar-refractivity contribution in [3.63, 3.8) is 0 Å². The highest BCUT2D eigenvalue weighted by Gasteiger charge is 2.56. The highest BCUT2D eigenvalue weighted by Crippen LogP contribution is 2.50. The van der Waals surface area contributed by atoms with E-state index in [1.54, 1.807) is 31.2 Å². The van der Waals surface area contributed by atoms with Crippen molar-refractivity contribution in [3.05, 3.63) is 149 Å². The minimum absolute atomic E-state index is 0.0386. The van der Waals surface area contributed by atoms with Crippen LogP contribution in [0.25, 0.3) is 0 Å². The SMILES string of the molecule is CCOC(=O)[C@@]1(O)C(=O)Cc2cc(OC)c(OCc3ccccc3)cc2[C@H]1c1cc(OC)c(OCc2ccccc2)c(OCc2ccccc2)c1. The van der Waals surface area contributed by atoms with Crippen molar-refractivity contribution in [2.45, 2.75) is 44.7 Å². The number of rotatable bonds is 14. The van der Waals surface area contributed by atoms with Crippen molar-refractivity contribution in [3.8, 4) is 28.7 Å². The average molecular weight is 689 g/mol. The van der Waals surface area contributed by atoms with Crippen LogP contribution in [0.5, 0.6) is 28.7 Å². The van der Waals surface area contributed by atoms with Crippen LogP contribution in [-0.2, 0) is 40.6 Å². The van der Waals surface area contributed by atoms with Crippen LogP contribution in [0.4, 0.5) is 0 Å². The van der Waals surface area contributed by atoms with Gasteiger partial charge < -0.3 is 33.5 Å². The number of carbonyl (C=O) groups excluding carboxylic acids is 2. The third-order valence-corrected chi connectivity index (χ3v) is 8.81. The van der Waals surface area contributed by atoms with E-state index in [1.807, 2.05) is 91.0 Å². The molecule has 0 heterocycles. The number of benzene rings is 5. The molecule has 0 unspecified atom stereocenters. The average Bonchev–Trinajstić information content (AvgIpc) is 3.17. The summed E-state index contributed by atoms with van der Waals surface area (Å²) in [4.78, 5) is 27.6. The van der Waals surface area contributed by atoms with Crippen molar-refractivity contribution in [2.75, 3.05) is 20.8 Å². The molecule has 1 N–H and O–H groups in total. The molecule has 0 saturated carbocycles. The lowest BCUT2D eigenvalue weighted by Gasteiger charge is -2.38. The predicted molar refractivity (Wildman–Crippen MR) is 190 cm³/mol. The second-order valence-electron chi connectivity index (χ2n) is 12.1. The lowest BCUT2D eigenvalue weighted by Crippen LogP contribution is -2.56. The monoisotopic (exact) mass is 688 g/mol. The van der Waals surface area contributed by atoms with Gasteiger partial charge in [-0.25, -0.2) is 4.79 Å². The maximum absolute atomic E-state index is 13.9. The van der Waals surface area contributed by atoms with Crippen LogP contribution in [0.15, 0.2) is 115 Å². The van der Waals surface area contributed by atoms with Crippen molar-refractivity contribution in [2.24, 2.45) is 0 Å². The zero-order chi connectivity index (χ0) is 35.8. The Kier molecular flexibility index (Phi) is 10.9. The molecule has 0 saturated heterocycles. The Bertz CT molecular complexity index is 1960. The Balaban J connectivity index is 1.50. The Morgan fingerprint density at radius 3 is 1.73 bits per heavy atom. The number of fused-ring (bicyclic) bond motifs is 1. The molecule has 0 amide bonds. The zero-order valence-electron chi connectivity index (χ0n) is 28.8. The van der Waals surface area contributed by atoms with Gasteiger partial charge in [0.1, 0.15) is 19.8 Å². The first-order valence-corrected chi connectivity index (χ1v) is 16.7. The van der Waals surface area contributed by atoms with E-state index in [9.17, 15) is 14.7 Å². The summed E-state index contributed by atoms with van der Waals surface area (Å²) in [6.07, 6.45) is -0.233. The van der Waals surface area contributed by atoms with Gasteiger partial charge in [-0.1, -0.05) is 91.0 Å². The van der Waals surface area contributed by atoms with E-state index < -0.39 is 23.3 Å². The molecule has 0 fully saturated rings. The van der Waals surface area contributed by atoms with Gasteiger partial charge in [-0.3, -0.25) is 4.79 Å². The van der Waals surface area contributed by atoms with Crippen LogP contribution < -0.4 is 23.7 Å². The Labute approximate surface area is 297 Å². The maximum Gasteiger partial charge on any atom is 0.347 e. The number of hydrogen-bond acceptors (Lipinski definition) is 9. The van der Waals surface area contributed by atoms with Gasteiger partial charge in [0.2, 0.25) is 11.4 Å². The first-order valence-electron chi connectivity index (χ1n) is 16.7. The van der Waals surface area contributed by atoms with Crippen LogP contribution in [0, 0.1) is 0 Å². The first-order chi connectivity index (χ1) is 24.8. The molecule has 9 nitrogen and oxygen atoms in total. The summed E-state index contributed by atoms with van der Waals surface area (Å²) in [7, 11) is 3.01. The maximum atomic E-state index is 13.9. The highest BCUT2D eigenvalue weighted by molar-refractivity contribution is 6.11. The normalized spacial score (nSPS) is 16.5. The summed E-state index contributed by atoms with van der Waals surface area (Å²) >= 11 is 0. The van der Waals surface area contributed by atoms with Crippen LogP contribution in [0.1, 0.15) is 46.2 Å². The second-order valence-corrected chi connectivity index (χ2v) is 12.1. The molecule has 1 aliphatic rings. The first kappa shape index (κ1) is 35.0. The summed E-state index contributed by atoms with van der Waals surface area (Å²) in [6, 6.07) is 35.7. The van der Waals surface area contributed by atoms with Gasteiger partial charge in [0.15, 0.2) is 28.8 Å². The number of carbonyl (C=O) groups is 2.